The molecule has 0 amide bonds. The van der Waals surface area contributed by atoms with Crippen molar-refractivity contribution in [2.75, 3.05) is 0 Å². The molecule has 1 heterocycles. The van der Waals surface area contributed by atoms with Gasteiger partial charge in [-0.1, -0.05) is 11.6 Å². The third-order valence-corrected chi connectivity index (χ3v) is 2.41. The van der Waals surface area contributed by atoms with E-state index in [9.17, 15) is 10.1 Å². The second-order valence-electron chi connectivity index (χ2n) is 3.13. The second kappa shape index (κ2) is 4.28. The van der Waals surface area contributed by atoms with E-state index in [-0.39, 0.29) is 5.69 Å². The van der Waals surface area contributed by atoms with Crippen molar-refractivity contribution in [1.29, 1.82) is 0 Å². The summed E-state index contributed by atoms with van der Waals surface area (Å²) < 4.78 is 1.55. The number of hydrogen-bond donors (Lipinski definition) is 0. The fourth-order valence-electron chi connectivity index (χ4n) is 1.28. The van der Waals surface area contributed by atoms with Crippen LogP contribution in [0.3, 0.4) is 0 Å². The Morgan fingerprint density at radius 3 is 2.94 bits per heavy atom. The average molecular weight is 239 g/mol. The average Bonchev–Trinajstić information content (AvgIpc) is 2.73. The zero-order chi connectivity index (χ0) is 11.5. The summed E-state index contributed by atoms with van der Waals surface area (Å²) in [6.45, 7) is 0.362. The number of benzene rings is 1. The Labute approximate surface area is 95.6 Å². The molecule has 82 valence electrons. The molecule has 7 heteroatoms. The van der Waals surface area contributed by atoms with Crippen LogP contribution < -0.4 is 0 Å². The zero-order valence-electron chi connectivity index (χ0n) is 8.08. The Kier molecular flexibility index (Phi) is 2.82. The summed E-state index contributed by atoms with van der Waals surface area (Å²) in [6.07, 6.45) is 2.92. The molecule has 0 atom stereocenters. The second-order valence-corrected chi connectivity index (χ2v) is 3.53. The molecule has 0 aliphatic heterocycles. The monoisotopic (exact) mass is 238 g/mol. The Morgan fingerprint density at radius 2 is 2.31 bits per heavy atom. The van der Waals surface area contributed by atoms with Crippen LogP contribution in [0.4, 0.5) is 5.69 Å². The number of halogens is 1. The van der Waals surface area contributed by atoms with Gasteiger partial charge >= 0.3 is 0 Å². The van der Waals surface area contributed by atoms with Gasteiger partial charge in [0.2, 0.25) is 0 Å². The predicted molar refractivity (Wildman–Crippen MR) is 57.2 cm³/mol. The number of nitro benzene ring substituents is 1. The third kappa shape index (κ3) is 2.17. The minimum absolute atomic E-state index is 0.0134. The molecule has 0 aliphatic carbocycles. The first kappa shape index (κ1) is 10.6. The SMILES string of the molecule is O=[N+]([O-])c1ccc(Cl)c(Cn2cncn2)c1. The van der Waals surface area contributed by atoms with Crippen LogP contribution >= 0.6 is 11.6 Å². The smallest absolute Gasteiger partial charge is 0.258 e. The Bertz CT molecular complexity index is 512. The van der Waals surface area contributed by atoms with Crippen LogP contribution in [0.25, 0.3) is 0 Å². The van der Waals surface area contributed by atoms with Gasteiger partial charge in [0.05, 0.1) is 11.5 Å². The van der Waals surface area contributed by atoms with Crippen molar-refractivity contribution in [1.82, 2.24) is 14.8 Å². The lowest BCUT2D eigenvalue weighted by Crippen LogP contribution is -2.01. The first-order chi connectivity index (χ1) is 7.66. The normalized spacial score (nSPS) is 10.3. The molecule has 0 saturated carbocycles. The fourth-order valence-corrected chi connectivity index (χ4v) is 1.46. The number of hydrogen-bond acceptors (Lipinski definition) is 4. The molecule has 0 saturated heterocycles. The van der Waals surface area contributed by atoms with Crippen LogP contribution in [-0.4, -0.2) is 19.7 Å². The summed E-state index contributed by atoms with van der Waals surface area (Å²) in [6, 6.07) is 4.31. The topological polar surface area (TPSA) is 73.8 Å². The maximum absolute atomic E-state index is 10.6. The molecule has 1 aromatic carbocycles. The Morgan fingerprint density at radius 1 is 1.50 bits per heavy atom. The van der Waals surface area contributed by atoms with Crippen molar-refractivity contribution in [3.8, 4) is 0 Å². The molecular formula is C9H7ClN4O2. The number of non-ortho nitro benzene ring substituents is 1. The quantitative estimate of drug-likeness (QED) is 0.605. The van der Waals surface area contributed by atoms with Gasteiger partial charge in [0.15, 0.2) is 0 Å². The van der Waals surface area contributed by atoms with Crippen LogP contribution in [-0.2, 0) is 6.54 Å². The van der Waals surface area contributed by atoms with E-state index in [4.69, 9.17) is 11.6 Å². The van der Waals surface area contributed by atoms with Crippen molar-refractivity contribution in [3.63, 3.8) is 0 Å². The lowest BCUT2D eigenvalue weighted by atomic mass is 10.2. The number of rotatable bonds is 3. The summed E-state index contributed by atoms with van der Waals surface area (Å²) >= 11 is 5.93. The number of aromatic nitrogens is 3. The lowest BCUT2D eigenvalue weighted by molar-refractivity contribution is -0.384. The van der Waals surface area contributed by atoms with E-state index in [0.29, 0.717) is 17.1 Å². The van der Waals surface area contributed by atoms with Crippen LogP contribution in [0.1, 0.15) is 5.56 Å². The summed E-state index contributed by atoms with van der Waals surface area (Å²) in [5.74, 6) is 0. The molecule has 0 radical (unpaired) electrons. The summed E-state index contributed by atoms with van der Waals surface area (Å²) in [5, 5.41) is 15.0. The van der Waals surface area contributed by atoms with Crippen molar-refractivity contribution in [3.05, 3.63) is 51.6 Å². The van der Waals surface area contributed by atoms with Crippen LogP contribution in [0, 0.1) is 10.1 Å². The zero-order valence-corrected chi connectivity index (χ0v) is 8.83. The first-order valence-electron chi connectivity index (χ1n) is 4.42. The first-order valence-corrected chi connectivity index (χ1v) is 4.80. The van der Waals surface area contributed by atoms with Crippen LogP contribution in [0.15, 0.2) is 30.9 Å². The Balaban J connectivity index is 2.32. The van der Waals surface area contributed by atoms with E-state index in [2.05, 4.69) is 10.1 Å². The van der Waals surface area contributed by atoms with Gasteiger partial charge in [-0.15, -0.1) is 0 Å². The third-order valence-electron chi connectivity index (χ3n) is 2.04. The lowest BCUT2D eigenvalue weighted by Gasteiger charge is -2.03. The highest BCUT2D eigenvalue weighted by molar-refractivity contribution is 6.31. The van der Waals surface area contributed by atoms with E-state index in [1.807, 2.05) is 0 Å². The van der Waals surface area contributed by atoms with E-state index < -0.39 is 4.92 Å². The van der Waals surface area contributed by atoms with Gasteiger partial charge < -0.3 is 0 Å². The van der Waals surface area contributed by atoms with E-state index in [0.717, 1.165) is 0 Å². The molecule has 0 aliphatic rings. The maximum atomic E-state index is 10.6. The van der Waals surface area contributed by atoms with Crippen molar-refractivity contribution in [2.45, 2.75) is 6.54 Å². The van der Waals surface area contributed by atoms with E-state index in [1.54, 1.807) is 4.68 Å². The standard InChI is InChI=1S/C9H7ClN4O2/c10-9-2-1-8(14(15)16)3-7(9)4-13-6-11-5-12-13/h1-3,5-6H,4H2. The van der Waals surface area contributed by atoms with Crippen molar-refractivity contribution >= 4 is 17.3 Å². The molecule has 0 bridgehead atoms. The molecule has 0 fully saturated rings. The number of nitrogens with zero attached hydrogens (tertiary/aromatic N) is 4. The van der Waals surface area contributed by atoms with Crippen molar-refractivity contribution in [2.24, 2.45) is 0 Å². The molecule has 2 aromatic rings. The number of nitro groups is 1. The van der Waals surface area contributed by atoms with Gasteiger partial charge in [-0.2, -0.15) is 5.10 Å². The van der Waals surface area contributed by atoms with Gasteiger partial charge in [0.1, 0.15) is 12.7 Å². The van der Waals surface area contributed by atoms with Crippen molar-refractivity contribution < 1.29 is 4.92 Å². The highest BCUT2D eigenvalue weighted by Crippen LogP contribution is 2.22. The fraction of sp³-hybridized carbons (Fsp3) is 0.111. The molecule has 6 nitrogen and oxygen atoms in total. The summed E-state index contributed by atoms with van der Waals surface area (Å²) in [5.41, 5.74) is 0.654. The Hall–Kier alpha value is -1.95. The van der Waals surface area contributed by atoms with Gasteiger partial charge in [-0.05, 0) is 11.6 Å². The molecule has 1 aromatic heterocycles. The largest absolute Gasteiger partial charge is 0.269 e. The molecule has 2 rings (SSSR count). The highest BCUT2D eigenvalue weighted by Gasteiger charge is 2.10. The predicted octanol–water partition coefficient (Wildman–Crippen LogP) is 1.89. The van der Waals surface area contributed by atoms with Gasteiger partial charge in [-0.25, -0.2) is 9.67 Å². The summed E-state index contributed by atoms with van der Waals surface area (Å²) in [7, 11) is 0. The van der Waals surface area contributed by atoms with Crippen LogP contribution in [0.2, 0.25) is 5.02 Å². The van der Waals surface area contributed by atoms with E-state index >= 15 is 0 Å². The summed E-state index contributed by atoms with van der Waals surface area (Å²) in [4.78, 5) is 13.9. The van der Waals surface area contributed by atoms with Crippen LogP contribution in [0.5, 0.6) is 0 Å². The highest BCUT2D eigenvalue weighted by atomic mass is 35.5. The molecule has 0 N–H and O–H groups in total. The molecule has 0 spiro atoms. The van der Waals surface area contributed by atoms with Gasteiger partial charge in [0, 0.05) is 17.2 Å². The van der Waals surface area contributed by atoms with Gasteiger partial charge in [0.25, 0.3) is 5.69 Å². The van der Waals surface area contributed by atoms with Gasteiger partial charge in [-0.3, -0.25) is 10.1 Å². The molecule has 16 heavy (non-hydrogen) atoms. The van der Waals surface area contributed by atoms with E-state index in [1.165, 1.54) is 30.9 Å². The molecule has 0 unspecified atom stereocenters. The minimum Gasteiger partial charge on any atom is -0.258 e. The maximum Gasteiger partial charge on any atom is 0.269 e. The molecular weight excluding hydrogens is 232 g/mol. The minimum atomic E-state index is -0.457.